The summed E-state index contributed by atoms with van der Waals surface area (Å²) in [4.78, 5) is 0. The van der Waals surface area contributed by atoms with Crippen molar-refractivity contribution in [1.29, 1.82) is 0 Å². The van der Waals surface area contributed by atoms with E-state index in [4.69, 9.17) is 14.2 Å². The molecule has 0 heterocycles. The third-order valence-corrected chi connectivity index (χ3v) is 6.27. The Morgan fingerprint density at radius 1 is 0.935 bits per heavy atom. The highest BCUT2D eigenvalue weighted by atomic mass is 16.7. The van der Waals surface area contributed by atoms with Crippen LogP contribution in [0, 0.1) is 31.6 Å². The van der Waals surface area contributed by atoms with Crippen LogP contribution >= 0.6 is 0 Å². The summed E-state index contributed by atoms with van der Waals surface area (Å²) in [6.45, 7) is 16.2. The van der Waals surface area contributed by atoms with Crippen molar-refractivity contribution in [2.24, 2.45) is 17.8 Å². The Bertz CT molecular complexity index is 714. The second-order valence-corrected chi connectivity index (χ2v) is 9.59. The van der Waals surface area contributed by atoms with Crippen molar-refractivity contribution >= 4 is 0 Å². The lowest BCUT2D eigenvalue weighted by atomic mass is 9.78. The molecule has 0 fully saturated rings. The van der Waals surface area contributed by atoms with Crippen LogP contribution in [-0.2, 0) is 20.8 Å². The molecule has 0 radical (unpaired) electrons. The second kappa shape index (κ2) is 12.6. The number of ether oxygens (including phenoxy) is 3. The number of rotatable bonds is 12. The molecule has 0 aromatic heterocycles. The van der Waals surface area contributed by atoms with Crippen molar-refractivity contribution in [2.75, 3.05) is 7.11 Å². The minimum Gasteiger partial charge on any atom is -0.374 e. The minimum atomic E-state index is -0.260. The van der Waals surface area contributed by atoms with E-state index in [1.165, 1.54) is 35.1 Å². The molecule has 31 heavy (non-hydrogen) atoms. The topological polar surface area (TPSA) is 27.7 Å². The summed E-state index contributed by atoms with van der Waals surface area (Å²) in [5, 5.41) is 0. The van der Waals surface area contributed by atoms with E-state index in [1.54, 1.807) is 7.11 Å². The van der Waals surface area contributed by atoms with Gasteiger partial charge in [0.15, 0.2) is 6.29 Å². The van der Waals surface area contributed by atoms with Crippen LogP contribution in [0.3, 0.4) is 0 Å². The van der Waals surface area contributed by atoms with Crippen LogP contribution in [0.15, 0.2) is 42.0 Å². The summed E-state index contributed by atoms with van der Waals surface area (Å²) in [6, 6.07) is 6.54. The molecule has 1 aromatic carbocycles. The van der Waals surface area contributed by atoms with Gasteiger partial charge in [-0.3, -0.25) is 0 Å². The molecule has 0 saturated carbocycles. The van der Waals surface area contributed by atoms with E-state index in [0.717, 1.165) is 6.42 Å². The Balaban J connectivity index is 2.04. The van der Waals surface area contributed by atoms with E-state index in [1.807, 2.05) is 0 Å². The van der Waals surface area contributed by atoms with Gasteiger partial charge < -0.3 is 14.2 Å². The predicted molar refractivity (Wildman–Crippen MR) is 130 cm³/mol. The van der Waals surface area contributed by atoms with Crippen molar-refractivity contribution in [3.8, 4) is 0 Å². The van der Waals surface area contributed by atoms with Gasteiger partial charge in [0.05, 0.1) is 6.61 Å². The zero-order valence-electron chi connectivity index (χ0n) is 21.0. The van der Waals surface area contributed by atoms with Gasteiger partial charge in [-0.1, -0.05) is 82.5 Å². The third-order valence-electron chi connectivity index (χ3n) is 6.27. The molecule has 0 amide bonds. The number of hydrogen-bond donors (Lipinski definition) is 0. The Morgan fingerprint density at radius 2 is 1.61 bits per heavy atom. The molecule has 5 atom stereocenters. The van der Waals surface area contributed by atoms with Crippen molar-refractivity contribution in [1.82, 2.24) is 0 Å². The normalized spacial score (nSPS) is 21.8. The summed E-state index contributed by atoms with van der Waals surface area (Å²) < 4.78 is 18.3. The SMILES string of the molecule is CCC(OCc1cc(C)cc(C)c1)OC1C=CC(C(CC(C)C)C(C)CC)=CC1OC. The van der Waals surface area contributed by atoms with Gasteiger partial charge in [0, 0.05) is 7.11 Å². The molecule has 2 rings (SSSR count). The maximum Gasteiger partial charge on any atom is 0.158 e. The summed E-state index contributed by atoms with van der Waals surface area (Å²) in [6.07, 6.45) is 9.41. The van der Waals surface area contributed by atoms with Gasteiger partial charge >= 0.3 is 0 Å². The van der Waals surface area contributed by atoms with Crippen LogP contribution in [0.2, 0.25) is 0 Å². The van der Waals surface area contributed by atoms with Crippen molar-refractivity contribution < 1.29 is 14.2 Å². The average Bonchev–Trinajstić information content (AvgIpc) is 2.73. The molecule has 0 aliphatic heterocycles. The first-order chi connectivity index (χ1) is 14.8. The molecular weight excluding hydrogens is 384 g/mol. The highest BCUT2D eigenvalue weighted by Gasteiger charge is 2.29. The van der Waals surface area contributed by atoms with Crippen LogP contribution in [0.5, 0.6) is 0 Å². The molecule has 0 spiro atoms. The first-order valence-electron chi connectivity index (χ1n) is 12.0. The summed E-state index contributed by atoms with van der Waals surface area (Å²) >= 11 is 0. The van der Waals surface area contributed by atoms with Crippen LogP contribution in [0.1, 0.15) is 70.6 Å². The second-order valence-electron chi connectivity index (χ2n) is 9.59. The lowest BCUT2D eigenvalue weighted by molar-refractivity contribution is -0.184. The number of allylic oxidation sites excluding steroid dienone is 2. The maximum absolute atomic E-state index is 6.34. The standard InChI is InChI=1S/C28H44O3/c1-9-22(7)25(13-19(3)4)24-11-12-26(27(17-24)29-8)31-28(10-2)30-18-23-15-20(5)14-21(6)16-23/h11-12,14-17,19,22,25-28H,9-10,13,18H2,1-8H3. The molecule has 1 aliphatic carbocycles. The van der Waals surface area contributed by atoms with Gasteiger partial charge in [-0.25, -0.2) is 0 Å². The molecule has 1 aromatic rings. The van der Waals surface area contributed by atoms with Gasteiger partial charge in [-0.05, 0) is 61.7 Å². The zero-order valence-corrected chi connectivity index (χ0v) is 21.0. The molecule has 3 nitrogen and oxygen atoms in total. The molecule has 3 heteroatoms. The summed E-state index contributed by atoms with van der Waals surface area (Å²) in [5.74, 6) is 1.88. The minimum absolute atomic E-state index is 0.0856. The lowest BCUT2D eigenvalue weighted by Gasteiger charge is -2.33. The van der Waals surface area contributed by atoms with E-state index in [9.17, 15) is 0 Å². The van der Waals surface area contributed by atoms with Crippen LogP contribution in [-0.4, -0.2) is 25.6 Å². The monoisotopic (exact) mass is 428 g/mol. The molecular formula is C28H44O3. The van der Waals surface area contributed by atoms with Crippen molar-refractivity contribution in [3.05, 3.63) is 58.7 Å². The number of hydrogen-bond acceptors (Lipinski definition) is 3. The molecule has 0 bridgehead atoms. The molecule has 174 valence electrons. The van der Waals surface area contributed by atoms with Gasteiger partial charge in [-0.15, -0.1) is 0 Å². The van der Waals surface area contributed by atoms with Crippen molar-refractivity contribution in [3.63, 3.8) is 0 Å². The van der Waals surface area contributed by atoms with E-state index in [0.29, 0.717) is 24.4 Å². The molecule has 1 aliphatic rings. The third kappa shape index (κ3) is 7.89. The summed E-state index contributed by atoms with van der Waals surface area (Å²) in [5.41, 5.74) is 5.10. The van der Waals surface area contributed by atoms with Crippen LogP contribution in [0.25, 0.3) is 0 Å². The van der Waals surface area contributed by atoms with E-state index in [-0.39, 0.29) is 18.5 Å². The summed E-state index contributed by atoms with van der Waals surface area (Å²) in [7, 11) is 1.77. The predicted octanol–water partition coefficient (Wildman–Crippen LogP) is 7.16. The van der Waals surface area contributed by atoms with E-state index >= 15 is 0 Å². The highest BCUT2D eigenvalue weighted by Crippen LogP contribution is 2.34. The fourth-order valence-corrected chi connectivity index (χ4v) is 4.49. The first-order valence-corrected chi connectivity index (χ1v) is 12.0. The van der Waals surface area contributed by atoms with Gasteiger partial charge in [0.25, 0.3) is 0 Å². The van der Waals surface area contributed by atoms with Crippen molar-refractivity contribution in [2.45, 2.75) is 92.8 Å². The molecule has 0 saturated heterocycles. The maximum atomic E-state index is 6.34. The van der Waals surface area contributed by atoms with E-state index in [2.05, 4.69) is 84.9 Å². The average molecular weight is 429 g/mol. The van der Waals surface area contributed by atoms with Crippen LogP contribution in [0.4, 0.5) is 0 Å². The Kier molecular flexibility index (Phi) is 10.5. The van der Waals surface area contributed by atoms with Gasteiger partial charge in [-0.2, -0.15) is 0 Å². The van der Waals surface area contributed by atoms with Crippen LogP contribution < -0.4 is 0 Å². The largest absolute Gasteiger partial charge is 0.374 e. The zero-order chi connectivity index (χ0) is 23.0. The Hall–Kier alpha value is -1.42. The van der Waals surface area contributed by atoms with Gasteiger partial charge in [0.1, 0.15) is 12.2 Å². The fraction of sp³-hybridized carbons (Fsp3) is 0.643. The molecule has 0 N–H and O–H groups in total. The van der Waals surface area contributed by atoms with Gasteiger partial charge in [0.2, 0.25) is 0 Å². The fourth-order valence-electron chi connectivity index (χ4n) is 4.49. The molecule has 5 unspecified atom stereocenters. The van der Waals surface area contributed by atoms with E-state index < -0.39 is 0 Å². The first kappa shape index (κ1) is 25.8. The number of methoxy groups -OCH3 is 1. The smallest absolute Gasteiger partial charge is 0.158 e. The quantitative estimate of drug-likeness (QED) is 0.331. The highest BCUT2D eigenvalue weighted by molar-refractivity contribution is 5.31. The Labute approximate surface area is 190 Å². The Morgan fingerprint density at radius 3 is 2.16 bits per heavy atom. The lowest BCUT2D eigenvalue weighted by Crippen LogP contribution is -2.35. The number of aryl methyl sites for hydroxylation is 2. The number of benzene rings is 1.